The predicted octanol–water partition coefficient (Wildman–Crippen LogP) is 3.22. The summed E-state index contributed by atoms with van der Waals surface area (Å²) in [5.74, 6) is 0.694. The van der Waals surface area contributed by atoms with Crippen molar-refractivity contribution in [2.24, 2.45) is 5.73 Å². The van der Waals surface area contributed by atoms with Crippen LogP contribution >= 0.6 is 0 Å². The van der Waals surface area contributed by atoms with Crippen LogP contribution in [0.15, 0.2) is 41.0 Å². The van der Waals surface area contributed by atoms with Gasteiger partial charge in [0.2, 0.25) is 0 Å². The van der Waals surface area contributed by atoms with Gasteiger partial charge in [0, 0.05) is 12.1 Å². The molecule has 20 heavy (non-hydrogen) atoms. The van der Waals surface area contributed by atoms with Crippen LogP contribution < -0.4 is 15.2 Å². The van der Waals surface area contributed by atoms with Gasteiger partial charge in [0.15, 0.2) is 0 Å². The standard InChI is InChI=1S/C13H12F3NO3/c14-13(15,16)20-11-3-1-10(2-4-11)19-8-12-5-9(6-17)7-18-12/h1-5,7H,6,8,17H2. The molecule has 0 aliphatic carbocycles. The molecule has 2 N–H and O–H groups in total. The average molecular weight is 287 g/mol. The van der Waals surface area contributed by atoms with Gasteiger partial charge in [0.1, 0.15) is 23.9 Å². The van der Waals surface area contributed by atoms with Crippen LogP contribution in [0.3, 0.4) is 0 Å². The number of alkyl halides is 3. The lowest BCUT2D eigenvalue weighted by Gasteiger charge is -2.09. The first-order chi connectivity index (χ1) is 9.46. The summed E-state index contributed by atoms with van der Waals surface area (Å²) < 4.78 is 50.2. The van der Waals surface area contributed by atoms with Crippen molar-refractivity contribution < 1.29 is 27.1 Å². The molecular weight excluding hydrogens is 275 g/mol. The Labute approximate surface area is 112 Å². The van der Waals surface area contributed by atoms with Crippen molar-refractivity contribution in [2.45, 2.75) is 19.5 Å². The molecule has 0 spiro atoms. The second-order valence-corrected chi connectivity index (χ2v) is 3.93. The molecule has 0 unspecified atom stereocenters. The van der Waals surface area contributed by atoms with Gasteiger partial charge < -0.3 is 19.6 Å². The minimum Gasteiger partial charge on any atom is -0.486 e. The largest absolute Gasteiger partial charge is 0.573 e. The fraction of sp³-hybridized carbons (Fsp3) is 0.231. The monoisotopic (exact) mass is 287 g/mol. The van der Waals surface area contributed by atoms with E-state index < -0.39 is 6.36 Å². The van der Waals surface area contributed by atoms with Crippen LogP contribution in [0, 0.1) is 0 Å². The van der Waals surface area contributed by atoms with Gasteiger partial charge in [-0.25, -0.2) is 0 Å². The third-order valence-electron chi connectivity index (χ3n) is 2.38. The van der Waals surface area contributed by atoms with E-state index in [2.05, 4.69) is 4.74 Å². The highest BCUT2D eigenvalue weighted by Gasteiger charge is 2.30. The lowest BCUT2D eigenvalue weighted by molar-refractivity contribution is -0.274. The zero-order valence-electron chi connectivity index (χ0n) is 10.3. The molecule has 0 saturated carbocycles. The summed E-state index contributed by atoms with van der Waals surface area (Å²) in [5, 5.41) is 0. The third kappa shape index (κ3) is 4.20. The van der Waals surface area contributed by atoms with Crippen molar-refractivity contribution in [2.75, 3.05) is 0 Å². The number of hydrogen-bond donors (Lipinski definition) is 1. The molecule has 2 rings (SSSR count). The maximum absolute atomic E-state index is 12.0. The van der Waals surface area contributed by atoms with Crippen molar-refractivity contribution in [1.29, 1.82) is 0 Å². The van der Waals surface area contributed by atoms with E-state index in [1.54, 1.807) is 6.07 Å². The first-order valence-electron chi connectivity index (χ1n) is 5.71. The molecule has 0 amide bonds. The van der Waals surface area contributed by atoms with E-state index in [1.165, 1.54) is 30.5 Å². The Morgan fingerprint density at radius 3 is 2.30 bits per heavy atom. The molecule has 1 heterocycles. The number of furan rings is 1. The summed E-state index contributed by atoms with van der Waals surface area (Å²) >= 11 is 0. The molecule has 0 atom stereocenters. The molecule has 1 aromatic carbocycles. The van der Waals surface area contributed by atoms with Gasteiger partial charge >= 0.3 is 6.36 Å². The summed E-state index contributed by atoms with van der Waals surface area (Å²) in [5.41, 5.74) is 6.28. The molecule has 0 bridgehead atoms. The summed E-state index contributed by atoms with van der Waals surface area (Å²) in [7, 11) is 0. The average Bonchev–Trinajstić information content (AvgIpc) is 2.84. The maximum Gasteiger partial charge on any atom is 0.573 e. The quantitative estimate of drug-likeness (QED) is 0.917. The van der Waals surface area contributed by atoms with Crippen molar-refractivity contribution >= 4 is 0 Å². The molecule has 1 aromatic heterocycles. The van der Waals surface area contributed by atoms with Gasteiger partial charge in [0.05, 0.1) is 6.26 Å². The zero-order valence-corrected chi connectivity index (χ0v) is 10.3. The maximum atomic E-state index is 12.0. The minimum absolute atomic E-state index is 0.166. The molecule has 0 fully saturated rings. The normalized spacial score (nSPS) is 11.4. The lowest BCUT2D eigenvalue weighted by atomic mass is 10.3. The number of nitrogens with two attached hydrogens (primary N) is 1. The highest BCUT2D eigenvalue weighted by molar-refractivity contribution is 5.31. The van der Waals surface area contributed by atoms with E-state index in [9.17, 15) is 13.2 Å². The fourth-order valence-corrected chi connectivity index (χ4v) is 1.50. The Balaban J connectivity index is 1.90. The molecule has 108 valence electrons. The first kappa shape index (κ1) is 14.3. The molecule has 0 aliphatic rings. The number of benzene rings is 1. The number of halogens is 3. The Kier molecular flexibility index (Phi) is 4.19. The summed E-state index contributed by atoms with van der Waals surface area (Å²) in [6, 6.07) is 6.87. The molecular formula is C13H12F3NO3. The molecule has 7 heteroatoms. The van der Waals surface area contributed by atoms with E-state index in [-0.39, 0.29) is 12.4 Å². The fourth-order valence-electron chi connectivity index (χ4n) is 1.50. The van der Waals surface area contributed by atoms with Crippen molar-refractivity contribution in [3.63, 3.8) is 0 Å². The van der Waals surface area contributed by atoms with E-state index in [0.717, 1.165) is 5.56 Å². The minimum atomic E-state index is -4.70. The van der Waals surface area contributed by atoms with E-state index in [0.29, 0.717) is 18.1 Å². The van der Waals surface area contributed by atoms with Crippen LogP contribution in [-0.4, -0.2) is 6.36 Å². The second kappa shape index (κ2) is 5.87. The Hall–Kier alpha value is -2.15. The lowest BCUT2D eigenvalue weighted by Crippen LogP contribution is -2.16. The molecule has 2 aromatic rings. The van der Waals surface area contributed by atoms with Crippen LogP contribution in [0.4, 0.5) is 13.2 Å². The van der Waals surface area contributed by atoms with Gasteiger partial charge in [-0.05, 0) is 30.3 Å². The zero-order chi connectivity index (χ0) is 14.6. The number of ether oxygens (including phenoxy) is 2. The SMILES string of the molecule is NCc1coc(COc2ccc(OC(F)(F)F)cc2)c1. The predicted molar refractivity (Wildman–Crippen MR) is 64.1 cm³/mol. The van der Waals surface area contributed by atoms with E-state index in [4.69, 9.17) is 14.9 Å². The molecule has 0 radical (unpaired) electrons. The Bertz CT molecular complexity index is 549. The smallest absolute Gasteiger partial charge is 0.486 e. The van der Waals surface area contributed by atoms with Gasteiger partial charge in [0.25, 0.3) is 0 Å². The van der Waals surface area contributed by atoms with Crippen LogP contribution in [0.25, 0.3) is 0 Å². The molecule has 0 aliphatic heterocycles. The van der Waals surface area contributed by atoms with Crippen LogP contribution in [0.2, 0.25) is 0 Å². The number of rotatable bonds is 5. The highest BCUT2D eigenvalue weighted by atomic mass is 19.4. The van der Waals surface area contributed by atoms with Crippen molar-refractivity contribution in [3.8, 4) is 11.5 Å². The van der Waals surface area contributed by atoms with Crippen molar-refractivity contribution in [3.05, 3.63) is 47.9 Å². The van der Waals surface area contributed by atoms with Gasteiger partial charge in [-0.3, -0.25) is 0 Å². The number of hydrogen-bond acceptors (Lipinski definition) is 4. The second-order valence-electron chi connectivity index (χ2n) is 3.93. The summed E-state index contributed by atoms with van der Waals surface area (Å²) in [6.07, 6.45) is -3.17. The Morgan fingerprint density at radius 2 is 1.75 bits per heavy atom. The highest BCUT2D eigenvalue weighted by Crippen LogP contribution is 2.25. The summed E-state index contributed by atoms with van der Waals surface area (Å²) in [6.45, 7) is 0.534. The van der Waals surface area contributed by atoms with Crippen LogP contribution in [-0.2, 0) is 13.2 Å². The first-order valence-corrected chi connectivity index (χ1v) is 5.71. The van der Waals surface area contributed by atoms with Crippen LogP contribution in [0.1, 0.15) is 11.3 Å². The Morgan fingerprint density at radius 1 is 1.10 bits per heavy atom. The van der Waals surface area contributed by atoms with Gasteiger partial charge in [-0.2, -0.15) is 0 Å². The van der Waals surface area contributed by atoms with Crippen LogP contribution in [0.5, 0.6) is 11.5 Å². The topological polar surface area (TPSA) is 57.6 Å². The summed E-state index contributed by atoms with van der Waals surface area (Å²) in [4.78, 5) is 0. The molecule has 4 nitrogen and oxygen atoms in total. The van der Waals surface area contributed by atoms with Crippen molar-refractivity contribution in [1.82, 2.24) is 0 Å². The molecule has 0 saturated heterocycles. The van der Waals surface area contributed by atoms with E-state index >= 15 is 0 Å². The third-order valence-corrected chi connectivity index (χ3v) is 2.38. The van der Waals surface area contributed by atoms with Gasteiger partial charge in [-0.1, -0.05) is 0 Å². The van der Waals surface area contributed by atoms with E-state index in [1.807, 2.05) is 0 Å². The van der Waals surface area contributed by atoms with Gasteiger partial charge in [-0.15, -0.1) is 13.2 Å².